The van der Waals surface area contributed by atoms with Gasteiger partial charge in [0.25, 0.3) is 5.91 Å². The van der Waals surface area contributed by atoms with Crippen LogP contribution in [0.2, 0.25) is 0 Å². The van der Waals surface area contributed by atoms with Crippen molar-refractivity contribution in [2.45, 2.75) is 64.1 Å². The fourth-order valence-electron chi connectivity index (χ4n) is 8.78. The molecule has 5 atom stereocenters. The molecule has 4 saturated heterocycles. The van der Waals surface area contributed by atoms with E-state index >= 15 is 0 Å². The molecule has 0 radical (unpaired) electrons. The summed E-state index contributed by atoms with van der Waals surface area (Å²) in [6.07, 6.45) is 2.37. The van der Waals surface area contributed by atoms with Crippen LogP contribution in [0.15, 0.2) is 36.7 Å². The SMILES string of the molecule is CNC(=O)[C@H]1NC(=O)[C@H]2CN(C(=O)c3cnn(Cc4ccc(F)cc4)c3)CC23CN(C3)C(=O)[C@H]2C([C@H]1OCC1CCC(F)(F)CC1)C2(C)C. The summed E-state index contributed by atoms with van der Waals surface area (Å²) in [6, 6.07) is 4.89. The largest absolute Gasteiger partial charge is 0.375 e. The summed E-state index contributed by atoms with van der Waals surface area (Å²) in [6.45, 7) is 5.36. The number of hydrogen-bond acceptors (Lipinski definition) is 6. The Morgan fingerprint density at radius 2 is 1.78 bits per heavy atom. The molecule has 5 heterocycles. The van der Waals surface area contributed by atoms with Gasteiger partial charge in [0.1, 0.15) is 11.9 Å². The first kappa shape index (κ1) is 33.6. The summed E-state index contributed by atoms with van der Waals surface area (Å²) in [7, 11) is 1.47. The number of nitrogens with zero attached hydrogens (tertiary/aromatic N) is 4. The minimum atomic E-state index is -2.69. The van der Waals surface area contributed by atoms with Crippen molar-refractivity contribution in [2.75, 3.05) is 39.8 Å². The van der Waals surface area contributed by atoms with E-state index in [1.807, 2.05) is 13.8 Å². The van der Waals surface area contributed by atoms with E-state index in [1.165, 1.54) is 25.4 Å². The zero-order chi connectivity index (χ0) is 34.9. The molecule has 14 heteroatoms. The monoisotopic (exact) mass is 684 g/mol. The van der Waals surface area contributed by atoms with E-state index < -0.39 is 52.5 Å². The Morgan fingerprint density at radius 3 is 2.45 bits per heavy atom. The molecule has 11 nitrogen and oxygen atoms in total. The van der Waals surface area contributed by atoms with Crippen molar-refractivity contribution in [1.29, 1.82) is 0 Å². The number of nitrogens with one attached hydrogen (secondary N) is 2. The third kappa shape index (κ3) is 6.10. The summed E-state index contributed by atoms with van der Waals surface area (Å²) in [5.74, 6) is -5.90. The molecule has 4 amide bonds. The summed E-state index contributed by atoms with van der Waals surface area (Å²) in [5.41, 5.74) is -0.0532. The van der Waals surface area contributed by atoms with Gasteiger partial charge in [0.2, 0.25) is 23.6 Å². The Balaban J connectivity index is 1.12. The summed E-state index contributed by atoms with van der Waals surface area (Å²) < 4.78 is 49.1. The number of rotatable bonds is 7. The molecule has 4 aliphatic heterocycles. The van der Waals surface area contributed by atoms with Crippen molar-refractivity contribution < 1.29 is 37.1 Å². The molecule has 1 aromatic carbocycles. The first-order valence-corrected chi connectivity index (χ1v) is 17.1. The second-order valence-electron chi connectivity index (χ2n) is 15.4. The lowest BCUT2D eigenvalue weighted by Crippen LogP contribution is -2.65. The van der Waals surface area contributed by atoms with Crippen molar-refractivity contribution in [2.24, 2.45) is 34.5 Å². The molecular formula is C35H43F3N6O5. The van der Waals surface area contributed by atoms with Gasteiger partial charge in [-0.1, -0.05) is 26.0 Å². The number of fused-ring (bicyclic) bond motifs is 3. The van der Waals surface area contributed by atoms with Gasteiger partial charge in [-0.05, 0) is 41.9 Å². The lowest BCUT2D eigenvalue weighted by atomic mass is 9.71. The number of likely N-dealkylation sites (N-methyl/N-ethyl adjacent to an activating group) is 1. The van der Waals surface area contributed by atoms with Gasteiger partial charge in [-0.3, -0.25) is 23.9 Å². The van der Waals surface area contributed by atoms with Gasteiger partial charge in [0, 0.05) is 76.1 Å². The van der Waals surface area contributed by atoms with Crippen LogP contribution in [0.3, 0.4) is 0 Å². The third-order valence-corrected chi connectivity index (χ3v) is 11.8. The van der Waals surface area contributed by atoms with E-state index in [4.69, 9.17) is 4.74 Å². The predicted molar refractivity (Wildman–Crippen MR) is 170 cm³/mol. The second kappa shape index (κ2) is 12.1. The van der Waals surface area contributed by atoms with Crippen LogP contribution in [0.1, 0.15) is 55.5 Å². The van der Waals surface area contributed by atoms with Crippen molar-refractivity contribution in [1.82, 2.24) is 30.2 Å². The first-order chi connectivity index (χ1) is 23.2. The Bertz CT molecular complexity index is 1630. The molecule has 49 heavy (non-hydrogen) atoms. The highest BCUT2D eigenvalue weighted by atomic mass is 19.3. The zero-order valence-corrected chi connectivity index (χ0v) is 28.0. The average molecular weight is 685 g/mol. The van der Waals surface area contributed by atoms with E-state index in [0.29, 0.717) is 38.0 Å². The molecule has 1 spiro atoms. The number of benzene rings is 1. The smallest absolute Gasteiger partial charge is 0.257 e. The van der Waals surface area contributed by atoms with Crippen molar-refractivity contribution >= 4 is 23.6 Å². The molecule has 1 unspecified atom stereocenters. The average Bonchev–Trinajstić information content (AvgIpc) is 3.38. The highest BCUT2D eigenvalue weighted by Gasteiger charge is 2.70. The Hall–Kier alpha value is -3.94. The molecular weight excluding hydrogens is 641 g/mol. The number of hydrogen-bond donors (Lipinski definition) is 2. The molecule has 6 fully saturated rings. The van der Waals surface area contributed by atoms with Crippen LogP contribution in [0.25, 0.3) is 0 Å². The van der Waals surface area contributed by atoms with Crippen molar-refractivity contribution in [3.63, 3.8) is 0 Å². The van der Waals surface area contributed by atoms with Crippen LogP contribution in [0.5, 0.6) is 0 Å². The molecule has 2 bridgehead atoms. The number of likely N-dealkylation sites (tertiary alicyclic amines) is 1. The van der Waals surface area contributed by atoms with E-state index in [-0.39, 0.29) is 62.0 Å². The first-order valence-electron chi connectivity index (χ1n) is 17.1. The van der Waals surface area contributed by atoms with Crippen LogP contribution in [0.4, 0.5) is 13.2 Å². The fraction of sp³-hybridized carbons (Fsp3) is 0.629. The normalized spacial score (nSPS) is 30.0. The van der Waals surface area contributed by atoms with E-state index in [1.54, 1.807) is 32.8 Å². The van der Waals surface area contributed by atoms with Crippen molar-refractivity contribution in [3.8, 4) is 0 Å². The summed E-state index contributed by atoms with van der Waals surface area (Å²) in [4.78, 5) is 58.8. The fourth-order valence-corrected chi connectivity index (χ4v) is 8.78. The van der Waals surface area contributed by atoms with E-state index in [2.05, 4.69) is 15.7 Å². The highest BCUT2D eigenvalue weighted by molar-refractivity contribution is 5.96. The maximum absolute atomic E-state index is 14.2. The summed E-state index contributed by atoms with van der Waals surface area (Å²) in [5, 5.41) is 9.93. The lowest BCUT2D eigenvalue weighted by Gasteiger charge is -2.50. The minimum absolute atomic E-state index is 0.0675. The second-order valence-corrected chi connectivity index (χ2v) is 15.4. The number of ether oxygens (including phenoxy) is 1. The van der Waals surface area contributed by atoms with Gasteiger partial charge >= 0.3 is 0 Å². The van der Waals surface area contributed by atoms with Crippen molar-refractivity contribution in [3.05, 3.63) is 53.6 Å². The Kier molecular flexibility index (Phi) is 8.31. The molecule has 2 aromatic rings. The van der Waals surface area contributed by atoms with E-state index in [0.717, 1.165) is 5.56 Å². The van der Waals surface area contributed by atoms with Gasteiger partial charge in [0.15, 0.2) is 0 Å². The van der Waals surface area contributed by atoms with Crippen LogP contribution in [-0.2, 0) is 25.7 Å². The van der Waals surface area contributed by atoms with E-state index in [9.17, 15) is 32.3 Å². The topological polar surface area (TPSA) is 126 Å². The third-order valence-electron chi connectivity index (χ3n) is 11.8. The molecule has 2 aliphatic carbocycles. The molecule has 264 valence electrons. The lowest BCUT2D eigenvalue weighted by molar-refractivity contribution is -0.151. The van der Waals surface area contributed by atoms with Gasteiger partial charge in [0.05, 0.1) is 30.3 Å². The van der Waals surface area contributed by atoms with Gasteiger partial charge in [-0.25, -0.2) is 13.2 Å². The molecule has 6 aliphatic rings. The molecule has 8 rings (SSSR count). The van der Waals surface area contributed by atoms with Gasteiger partial charge in [-0.15, -0.1) is 0 Å². The number of alkyl halides is 2. The maximum Gasteiger partial charge on any atom is 0.257 e. The van der Waals surface area contributed by atoms with Crippen LogP contribution >= 0.6 is 0 Å². The quantitative estimate of drug-likeness (QED) is 0.462. The minimum Gasteiger partial charge on any atom is -0.375 e. The van der Waals surface area contributed by atoms with Crippen LogP contribution < -0.4 is 10.6 Å². The molecule has 1 aromatic heterocycles. The Labute approximate surface area is 282 Å². The number of carbonyl (C=O) groups excluding carboxylic acids is 4. The summed E-state index contributed by atoms with van der Waals surface area (Å²) >= 11 is 0. The maximum atomic E-state index is 14.2. The van der Waals surface area contributed by atoms with Crippen LogP contribution in [0, 0.1) is 40.3 Å². The highest BCUT2D eigenvalue weighted by Crippen LogP contribution is 2.63. The number of amides is 4. The van der Waals surface area contributed by atoms with Gasteiger partial charge < -0.3 is 25.2 Å². The zero-order valence-electron chi connectivity index (χ0n) is 28.0. The number of carbonyl (C=O) groups is 4. The van der Waals surface area contributed by atoms with Gasteiger partial charge in [-0.2, -0.15) is 5.10 Å². The predicted octanol–water partition coefficient (Wildman–Crippen LogP) is 2.70. The molecule has 2 N–H and O–H groups in total. The molecule has 2 saturated carbocycles. The Morgan fingerprint density at radius 1 is 1.08 bits per heavy atom. The number of aromatic nitrogens is 2. The standard InChI is InChI=1S/C35H43F3N6O5/c1-33(2)25-26(33)32(48)43-18-34(19-43)17-42(31(47)22-12-40-44(14-22)13-20-4-6-23(36)7-5-20)15-24(34)29(45)41-27(30(46)39-3)28(25)49-16-21-8-10-35(37,38)11-9-21/h4-7,12,14,21,24-28H,8-11,13,15-19H2,1-3H3,(H,39,46)(H,41,45)/t24-,25?,26-,27+,28-/m1/s1. The van der Waals surface area contributed by atoms with Crippen LogP contribution in [-0.4, -0.2) is 101 Å². The number of halogens is 3.